The number of hydrogen-bond donors (Lipinski definition) is 2. The minimum Gasteiger partial charge on any atom is -0.492 e. The Hall–Kier alpha value is -3.78. The van der Waals surface area contributed by atoms with E-state index in [9.17, 15) is 4.79 Å². The van der Waals surface area contributed by atoms with Gasteiger partial charge in [-0.25, -0.2) is 9.78 Å². The Morgan fingerprint density at radius 3 is 2.44 bits per heavy atom. The van der Waals surface area contributed by atoms with Gasteiger partial charge in [-0.15, -0.1) is 0 Å². The van der Waals surface area contributed by atoms with Crippen molar-refractivity contribution in [1.82, 2.24) is 9.88 Å². The van der Waals surface area contributed by atoms with Crippen molar-refractivity contribution >= 4 is 23.1 Å². The summed E-state index contributed by atoms with van der Waals surface area (Å²) in [5.41, 5.74) is 2.52. The Kier molecular flexibility index (Phi) is 8.83. The molecule has 1 saturated carbocycles. The highest BCUT2D eigenvalue weighted by Crippen LogP contribution is 2.26. The van der Waals surface area contributed by atoms with E-state index < -0.39 is 0 Å². The Balaban J connectivity index is 1.06. The molecule has 1 saturated heterocycles. The van der Waals surface area contributed by atoms with Gasteiger partial charge in [0.05, 0.1) is 11.9 Å². The summed E-state index contributed by atoms with van der Waals surface area (Å²) in [6.45, 7) is 4.84. The highest BCUT2D eigenvalue weighted by atomic mass is 16.5. The summed E-state index contributed by atoms with van der Waals surface area (Å²) in [6, 6.07) is 22.1. The molecule has 1 aliphatic carbocycles. The van der Waals surface area contributed by atoms with Crippen molar-refractivity contribution in [3.8, 4) is 11.6 Å². The molecule has 3 aromatic rings. The van der Waals surface area contributed by atoms with Crippen LogP contribution in [-0.2, 0) is 0 Å². The molecular formula is C31H39N5O3. The summed E-state index contributed by atoms with van der Waals surface area (Å²) in [4.78, 5) is 21.7. The molecule has 2 atom stereocenters. The third-order valence-corrected chi connectivity index (χ3v) is 7.74. The Morgan fingerprint density at radius 2 is 1.72 bits per heavy atom. The molecular weight excluding hydrogens is 490 g/mol. The van der Waals surface area contributed by atoms with Crippen molar-refractivity contribution in [2.45, 2.75) is 57.2 Å². The van der Waals surface area contributed by atoms with E-state index in [1.165, 1.54) is 12.8 Å². The number of hydrogen-bond acceptors (Lipinski definition) is 6. The van der Waals surface area contributed by atoms with E-state index in [1.54, 1.807) is 12.3 Å². The molecule has 0 spiro atoms. The molecule has 1 aliphatic heterocycles. The first-order valence-electron chi connectivity index (χ1n) is 14.0. The van der Waals surface area contributed by atoms with Gasteiger partial charge in [0.25, 0.3) is 0 Å². The number of carbonyl (C=O) groups is 1. The number of nitrogens with zero attached hydrogens (tertiary/aromatic N) is 3. The minimum atomic E-state index is -0.302. The normalized spacial score (nSPS) is 18.2. The van der Waals surface area contributed by atoms with Gasteiger partial charge in [0.2, 0.25) is 5.88 Å². The molecule has 0 radical (unpaired) electrons. The standard InChI is InChI=1S/C31H39N5O3/c1-23(22-38-28-8-4-3-5-9-28)35(2)27-18-19-36(21-27)26-15-12-24(13-16-26)33-31(37)34-25-14-17-30(32-20-25)39-29-10-6-7-11-29/h3-5,8-9,12-17,20,23,27,29H,6-7,10-11,18-19,21-22H2,1-2H3,(H2,33,34,37). The Bertz CT molecular complexity index is 1180. The largest absolute Gasteiger partial charge is 0.492 e. The number of pyridine rings is 1. The fourth-order valence-electron chi connectivity index (χ4n) is 5.27. The van der Waals surface area contributed by atoms with Crippen LogP contribution in [0.15, 0.2) is 72.9 Å². The van der Waals surface area contributed by atoms with Crippen molar-refractivity contribution in [2.24, 2.45) is 0 Å². The van der Waals surface area contributed by atoms with Gasteiger partial charge in [-0.2, -0.15) is 0 Å². The van der Waals surface area contributed by atoms with Crippen LogP contribution in [0.3, 0.4) is 0 Å². The Morgan fingerprint density at radius 1 is 1.00 bits per heavy atom. The zero-order valence-corrected chi connectivity index (χ0v) is 22.9. The van der Waals surface area contributed by atoms with E-state index in [-0.39, 0.29) is 12.1 Å². The number of para-hydroxylation sites is 1. The highest BCUT2D eigenvalue weighted by molar-refractivity contribution is 5.99. The van der Waals surface area contributed by atoms with E-state index in [4.69, 9.17) is 9.47 Å². The zero-order valence-electron chi connectivity index (χ0n) is 22.9. The number of likely N-dealkylation sites (N-methyl/N-ethyl adjacent to an activating group) is 1. The van der Waals surface area contributed by atoms with Gasteiger partial charge in [-0.1, -0.05) is 18.2 Å². The van der Waals surface area contributed by atoms with Crippen molar-refractivity contribution in [1.29, 1.82) is 0 Å². The first-order valence-corrected chi connectivity index (χ1v) is 14.0. The maximum Gasteiger partial charge on any atom is 0.323 e. The predicted octanol–water partition coefficient (Wildman–Crippen LogP) is 6.03. The number of amides is 2. The molecule has 2 heterocycles. The second-order valence-electron chi connectivity index (χ2n) is 10.6. The third-order valence-electron chi connectivity index (χ3n) is 7.74. The molecule has 2 aliphatic rings. The first kappa shape index (κ1) is 26.8. The molecule has 0 bridgehead atoms. The molecule has 2 unspecified atom stereocenters. The van der Waals surface area contributed by atoms with Crippen LogP contribution in [0.1, 0.15) is 39.0 Å². The van der Waals surface area contributed by atoms with Gasteiger partial charge in [0.1, 0.15) is 18.5 Å². The molecule has 8 nitrogen and oxygen atoms in total. The van der Waals surface area contributed by atoms with Crippen molar-refractivity contribution in [3.05, 3.63) is 72.9 Å². The van der Waals surface area contributed by atoms with E-state index >= 15 is 0 Å². The number of rotatable bonds is 10. The molecule has 39 heavy (non-hydrogen) atoms. The van der Waals surface area contributed by atoms with Crippen molar-refractivity contribution in [2.75, 3.05) is 42.3 Å². The minimum absolute atomic E-state index is 0.262. The summed E-state index contributed by atoms with van der Waals surface area (Å²) in [5, 5.41) is 5.74. The lowest BCUT2D eigenvalue weighted by Gasteiger charge is -2.30. The number of anilines is 3. The lowest BCUT2D eigenvalue weighted by molar-refractivity contribution is 0.138. The number of nitrogens with one attached hydrogen (secondary N) is 2. The number of benzene rings is 2. The van der Waals surface area contributed by atoms with Crippen LogP contribution in [0, 0.1) is 0 Å². The highest BCUT2D eigenvalue weighted by Gasteiger charge is 2.28. The van der Waals surface area contributed by atoms with Crippen LogP contribution in [-0.4, -0.2) is 60.8 Å². The topological polar surface area (TPSA) is 79.0 Å². The average Bonchev–Trinajstić information content (AvgIpc) is 3.66. The van der Waals surface area contributed by atoms with Crippen LogP contribution < -0.4 is 25.0 Å². The van der Waals surface area contributed by atoms with Gasteiger partial charge in [-0.3, -0.25) is 4.90 Å². The quantitative estimate of drug-likeness (QED) is 0.334. The zero-order chi connectivity index (χ0) is 27.0. The second-order valence-corrected chi connectivity index (χ2v) is 10.6. The summed E-state index contributed by atoms with van der Waals surface area (Å²) < 4.78 is 11.9. The lowest BCUT2D eigenvalue weighted by Crippen LogP contribution is -2.43. The van der Waals surface area contributed by atoms with E-state index in [0.717, 1.165) is 49.5 Å². The van der Waals surface area contributed by atoms with Crippen LogP contribution in [0.2, 0.25) is 0 Å². The van der Waals surface area contributed by atoms with E-state index in [1.807, 2.05) is 48.5 Å². The smallest absolute Gasteiger partial charge is 0.323 e. The summed E-state index contributed by atoms with van der Waals surface area (Å²) >= 11 is 0. The Labute approximate surface area is 231 Å². The molecule has 1 aromatic heterocycles. The lowest BCUT2D eigenvalue weighted by atomic mass is 10.2. The van der Waals surface area contributed by atoms with Crippen LogP contribution in [0.4, 0.5) is 21.9 Å². The molecule has 206 valence electrons. The monoisotopic (exact) mass is 529 g/mol. The molecule has 5 rings (SSSR count). The van der Waals surface area contributed by atoms with Gasteiger partial charge in [0, 0.05) is 42.6 Å². The average molecular weight is 530 g/mol. The number of aromatic nitrogens is 1. The maximum atomic E-state index is 12.5. The van der Waals surface area contributed by atoms with Crippen LogP contribution in [0.5, 0.6) is 11.6 Å². The van der Waals surface area contributed by atoms with Crippen LogP contribution >= 0.6 is 0 Å². The molecule has 8 heteroatoms. The molecule has 2 amide bonds. The molecule has 2 fully saturated rings. The predicted molar refractivity (Wildman–Crippen MR) is 156 cm³/mol. The number of ether oxygens (including phenoxy) is 2. The SMILES string of the molecule is CC(COc1ccccc1)N(C)C1CCN(c2ccc(NC(=O)Nc3ccc(OC4CCCC4)nc3)cc2)C1. The summed E-state index contributed by atoms with van der Waals surface area (Å²) in [7, 11) is 2.19. The summed E-state index contributed by atoms with van der Waals surface area (Å²) in [5.74, 6) is 1.51. The maximum absolute atomic E-state index is 12.5. The first-order chi connectivity index (χ1) is 19.0. The van der Waals surface area contributed by atoms with E-state index in [0.29, 0.717) is 30.3 Å². The fraction of sp³-hybridized carbons (Fsp3) is 0.419. The van der Waals surface area contributed by atoms with Crippen LogP contribution in [0.25, 0.3) is 0 Å². The van der Waals surface area contributed by atoms with E-state index in [2.05, 4.69) is 51.5 Å². The third kappa shape index (κ3) is 7.41. The molecule has 2 N–H and O–H groups in total. The van der Waals surface area contributed by atoms with Gasteiger partial charge in [-0.05, 0) is 88.5 Å². The second kappa shape index (κ2) is 12.8. The number of carbonyl (C=O) groups excluding carboxylic acids is 1. The number of urea groups is 1. The van der Waals surface area contributed by atoms with Gasteiger partial charge < -0.3 is 25.0 Å². The molecule has 2 aromatic carbocycles. The fourth-order valence-corrected chi connectivity index (χ4v) is 5.27. The summed E-state index contributed by atoms with van der Waals surface area (Å²) in [6.07, 6.45) is 7.59. The van der Waals surface area contributed by atoms with Gasteiger partial charge >= 0.3 is 6.03 Å². The van der Waals surface area contributed by atoms with Crippen molar-refractivity contribution < 1.29 is 14.3 Å². The van der Waals surface area contributed by atoms with Crippen molar-refractivity contribution in [3.63, 3.8) is 0 Å². The van der Waals surface area contributed by atoms with Gasteiger partial charge in [0.15, 0.2) is 0 Å².